The minimum atomic E-state index is -4.54. The van der Waals surface area contributed by atoms with Gasteiger partial charge in [0.25, 0.3) is 5.91 Å². The van der Waals surface area contributed by atoms with Crippen molar-refractivity contribution in [1.82, 2.24) is 14.2 Å². The first kappa shape index (κ1) is 24.4. The second-order valence-electron chi connectivity index (χ2n) is 8.24. The maximum absolute atomic E-state index is 13.0. The SMILES string of the molecule is CC1CN(S(=O)(=O)c2ccc(C(F)(F)F)cc2)CCN1C(=O)c1ccc(N2CCOCC2)nc1. The predicted octanol–water partition coefficient (Wildman–Crippen LogP) is 2.47. The second-order valence-corrected chi connectivity index (χ2v) is 10.2. The van der Waals surface area contributed by atoms with Gasteiger partial charge in [0.1, 0.15) is 5.82 Å². The molecule has 2 saturated heterocycles. The van der Waals surface area contributed by atoms with Crippen LogP contribution >= 0.6 is 0 Å². The Morgan fingerprint density at radius 1 is 1.03 bits per heavy atom. The molecular formula is C22H25F3N4O4S. The fourth-order valence-corrected chi connectivity index (χ4v) is 5.58. The summed E-state index contributed by atoms with van der Waals surface area (Å²) >= 11 is 0. The van der Waals surface area contributed by atoms with Crippen molar-refractivity contribution in [3.8, 4) is 0 Å². The summed E-state index contributed by atoms with van der Waals surface area (Å²) in [7, 11) is -3.99. The Bertz CT molecular complexity index is 1120. The summed E-state index contributed by atoms with van der Waals surface area (Å²) in [5.74, 6) is 0.514. The molecule has 0 radical (unpaired) electrons. The smallest absolute Gasteiger partial charge is 0.378 e. The van der Waals surface area contributed by atoms with Gasteiger partial charge in [-0.3, -0.25) is 4.79 Å². The first-order valence-corrected chi connectivity index (χ1v) is 12.3. The Morgan fingerprint density at radius 3 is 2.26 bits per heavy atom. The highest BCUT2D eigenvalue weighted by Crippen LogP contribution is 2.30. The summed E-state index contributed by atoms with van der Waals surface area (Å²) < 4.78 is 70.8. The Balaban J connectivity index is 1.42. The zero-order chi connectivity index (χ0) is 24.5. The highest BCUT2D eigenvalue weighted by Gasteiger charge is 2.36. The van der Waals surface area contributed by atoms with Gasteiger partial charge in [-0.1, -0.05) is 0 Å². The summed E-state index contributed by atoms with van der Waals surface area (Å²) in [6.07, 6.45) is -3.02. The molecule has 4 rings (SSSR count). The number of rotatable bonds is 4. The van der Waals surface area contributed by atoms with E-state index < -0.39 is 27.8 Å². The third-order valence-corrected chi connectivity index (χ3v) is 7.88. The Hall–Kier alpha value is -2.70. The fourth-order valence-electron chi connectivity index (χ4n) is 4.07. The van der Waals surface area contributed by atoms with Crippen molar-refractivity contribution < 1.29 is 31.1 Å². The van der Waals surface area contributed by atoms with Crippen molar-refractivity contribution in [2.45, 2.75) is 24.0 Å². The lowest BCUT2D eigenvalue weighted by Gasteiger charge is -2.39. The number of halogens is 3. The molecule has 184 valence electrons. The summed E-state index contributed by atoms with van der Waals surface area (Å²) in [5, 5.41) is 0. The molecule has 12 heteroatoms. The molecule has 1 aromatic carbocycles. The number of ether oxygens (including phenoxy) is 1. The van der Waals surface area contributed by atoms with Crippen molar-refractivity contribution in [1.29, 1.82) is 0 Å². The zero-order valence-corrected chi connectivity index (χ0v) is 19.3. The van der Waals surface area contributed by atoms with Crippen LogP contribution in [0.2, 0.25) is 0 Å². The number of hydrogen-bond acceptors (Lipinski definition) is 6. The molecule has 2 aliphatic rings. The molecule has 0 spiro atoms. The highest BCUT2D eigenvalue weighted by atomic mass is 32.2. The number of aromatic nitrogens is 1. The van der Waals surface area contributed by atoms with E-state index in [2.05, 4.69) is 9.88 Å². The number of amides is 1. The van der Waals surface area contributed by atoms with Crippen LogP contribution in [0.4, 0.5) is 19.0 Å². The Labute approximate surface area is 196 Å². The van der Waals surface area contributed by atoms with E-state index in [0.29, 0.717) is 18.8 Å². The lowest BCUT2D eigenvalue weighted by Crippen LogP contribution is -2.55. The van der Waals surface area contributed by atoms with E-state index in [-0.39, 0.29) is 30.4 Å². The average Bonchev–Trinajstić information content (AvgIpc) is 2.84. The summed E-state index contributed by atoms with van der Waals surface area (Å²) in [6, 6.07) is 6.49. The van der Waals surface area contributed by atoms with Crippen LogP contribution in [0, 0.1) is 0 Å². The number of carbonyl (C=O) groups excluding carboxylic acids is 1. The van der Waals surface area contributed by atoms with Crippen molar-refractivity contribution in [3.63, 3.8) is 0 Å². The van der Waals surface area contributed by atoms with Crippen molar-refractivity contribution >= 4 is 21.7 Å². The van der Waals surface area contributed by atoms with Gasteiger partial charge in [-0.15, -0.1) is 0 Å². The molecule has 0 N–H and O–H groups in total. The van der Waals surface area contributed by atoms with Crippen LogP contribution in [0.15, 0.2) is 47.5 Å². The van der Waals surface area contributed by atoms with Gasteiger partial charge in [0.05, 0.1) is 29.2 Å². The first-order chi connectivity index (χ1) is 16.1. The minimum absolute atomic E-state index is 0.0361. The van der Waals surface area contributed by atoms with Crippen LogP contribution in [0.5, 0.6) is 0 Å². The van der Waals surface area contributed by atoms with E-state index in [1.54, 1.807) is 24.0 Å². The molecule has 2 aromatic rings. The summed E-state index contributed by atoms with van der Waals surface area (Å²) in [6.45, 7) is 4.68. The second kappa shape index (κ2) is 9.51. The molecular weight excluding hydrogens is 473 g/mol. The molecule has 1 atom stereocenters. The van der Waals surface area contributed by atoms with E-state index >= 15 is 0 Å². The molecule has 8 nitrogen and oxygen atoms in total. The number of alkyl halides is 3. The van der Waals surface area contributed by atoms with Gasteiger partial charge in [0.15, 0.2) is 0 Å². The van der Waals surface area contributed by atoms with Crippen LogP contribution in [0.3, 0.4) is 0 Å². The standard InChI is InChI=1S/C22H25F3N4O4S/c1-16-15-28(34(31,32)19-5-3-18(4-6-19)22(23,24)25)8-9-29(16)21(30)17-2-7-20(26-14-17)27-10-12-33-13-11-27/h2-7,14,16H,8-13,15H2,1H3. The molecule has 1 unspecified atom stereocenters. The average molecular weight is 499 g/mol. The van der Waals surface area contributed by atoms with Gasteiger partial charge in [0, 0.05) is 45.0 Å². The number of sulfonamides is 1. The lowest BCUT2D eigenvalue weighted by atomic mass is 10.1. The van der Waals surface area contributed by atoms with Gasteiger partial charge >= 0.3 is 6.18 Å². The van der Waals surface area contributed by atoms with Crippen molar-refractivity contribution in [2.75, 3.05) is 50.8 Å². The Kier molecular flexibility index (Phi) is 6.83. The van der Waals surface area contributed by atoms with Crippen LogP contribution in [-0.2, 0) is 20.9 Å². The third-order valence-electron chi connectivity index (χ3n) is 6.00. The van der Waals surface area contributed by atoms with Crippen LogP contribution < -0.4 is 4.90 Å². The number of carbonyl (C=O) groups is 1. The number of morpholine rings is 1. The minimum Gasteiger partial charge on any atom is -0.378 e. The normalized spacial score (nSPS) is 20.4. The van der Waals surface area contributed by atoms with Crippen LogP contribution in [0.25, 0.3) is 0 Å². The van der Waals surface area contributed by atoms with Gasteiger partial charge in [-0.05, 0) is 43.3 Å². The van der Waals surface area contributed by atoms with E-state index in [1.165, 1.54) is 10.5 Å². The van der Waals surface area contributed by atoms with Gasteiger partial charge in [-0.2, -0.15) is 17.5 Å². The largest absolute Gasteiger partial charge is 0.416 e. The molecule has 0 bridgehead atoms. The van der Waals surface area contributed by atoms with Gasteiger partial charge < -0.3 is 14.5 Å². The van der Waals surface area contributed by atoms with E-state index in [9.17, 15) is 26.4 Å². The number of pyridine rings is 1. The topological polar surface area (TPSA) is 83.1 Å². The quantitative estimate of drug-likeness (QED) is 0.644. The fraction of sp³-hybridized carbons (Fsp3) is 0.455. The number of piperazine rings is 1. The van der Waals surface area contributed by atoms with E-state index in [4.69, 9.17) is 4.74 Å². The van der Waals surface area contributed by atoms with Crippen molar-refractivity contribution in [2.24, 2.45) is 0 Å². The maximum atomic E-state index is 13.0. The van der Waals surface area contributed by atoms with Crippen LogP contribution in [0.1, 0.15) is 22.8 Å². The summed E-state index contributed by atoms with van der Waals surface area (Å²) in [5.41, 5.74) is -0.508. The Morgan fingerprint density at radius 2 is 1.71 bits per heavy atom. The van der Waals surface area contributed by atoms with E-state index in [0.717, 1.165) is 43.2 Å². The number of anilines is 1. The third kappa shape index (κ3) is 5.03. The highest BCUT2D eigenvalue weighted by molar-refractivity contribution is 7.89. The van der Waals surface area contributed by atoms with E-state index in [1.807, 2.05) is 0 Å². The molecule has 0 aliphatic carbocycles. The number of benzene rings is 1. The summed E-state index contributed by atoms with van der Waals surface area (Å²) in [4.78, 5) is 20.9. The molecule has 1 aromatic heterocycles. The number of nitrogens with zero attached hydrogens (tertiary/aromatic N) is 4. The molecule has 2 fully saturated rings. The molecule has 0 saturated carbocycles. The van der Waals surface area contributed by atoms with Gasteiger partial charge in [-0.25, -0.2) is 13.4 Å². The first-order valence-electron chi connectivity index (χ1n) is 10.8. The zero-order valence-electron chi connectivity index (χ0n) is 18.5. The van der Waals surface area contributed by atoms with Crippen molar-refractivity contribution in [3.05, 3.63) is 53.7 Å². The monoisotopic (exact) mass is 498 g/mol. The molecule has 34 heavy (non-hydrogen) atoms. The number of hydrogen-bond donors (Lipinski definition) is 0. The predicted molar refractivity (Wildman–Crippen MR) is 118 cm³/mol. The molecule has 1 amide bonds. The van der Waals surface area contributed by atoms with Gasteiger partial charge in [0.2, 0.25) is 10.0 Å². The molecule has 3 heterocycles. The lowest BCUT2D eigenvalue weighted by molar-refractivity contribution is -0.137. The van der Waals surface area contributed by atoms with Crippen LogP contribution in [-0.4, -0.2) is 80.5 Å². The molecule has 2 aliphatic heterocycles. The maximum Gasteiger partial charge on any atom is 0.416 e.